The predicted molar refractivity (Wildman–Crippen MR) is 112 cm³/mol. The predicted octanol–water partition coefficient (Wildman–Crippen LogP) is 4.14. The van der Waals surface area contributed by atoms with Crippen molar-refractivity contribution in [2.24, 2.45) is 4.99 Å². The summed E-state index contributed by atoms with van der Waals surface area (Å²) in [4.78, 5) is 29.3. The molecule has 146 valence electrons. The summed E-state index contributed by atoms with van der Waals surface area (Å²) in [7, 11) is 0. The van der Waals surface area contributed by atoms with Crippen LogP contribution in [0.5, 0.6) is 0 Å². The number of thiophene rings is 1. The van der Waals surface area contributed by atoms with E-state index in [-0.39, 0.29) is 11.2 Å². The maximum Gasteiger partial charge on any atom is 0.280 e. The first-order chi connectivity index (χ1) is 13.5. The molecule has 0 atom stereocenters. The molecule has 0 saturated heterocycles. The van der Waals surface area contributed by atoms with Crippen molar-refractivity contribution in [2.75, 3.05) is 6.54 Å². The lowest BCUT2D eigenvalue weighted by atomic mass is 10.1. The lowest BCUT2D eigenvalue weighted by Crippen LogP contribution is -2.20. The van der Waals surface area contributed by atoms with Gasteiger partial charge in [0.1, 0.15) is 0 Å². The topological polar surface area (TPSA) is 93.3 Å². The highest BCUT2D eigenvalue weighted by atomic mass is 32.1. The van der Waals surface area contributed by atoms with Crippen molar-refractivity contribution in [2.45, 2.75) is 33.1 Å². The van der Waals surface area contributed by atoms with Gasteiger partial charge in [-0.25, -0.2) is 4.68 Å². The zero-order valence-corrected chi connectivity index (χ0v) is 16.7. The molecule has 0 saturated carbocycles. The van der Waals surface area contributed by atoms with Crippen LogP contribution in [0.1, 0.15) is 36.4 Å². The molecule has 2 heterocycles. The van der Waals surface area contributed by atoms with Crippen LogP contribution in [0.3, 0.4) is 0 Å². The molecule has 7 nitrogen and oxygen atoms in total. The fourth-order valence-electron chi connectivity index (χ4n) is 3.06. The minimum absolute atomic E-state index is 0.0105. The monoisotopic (exact) mass is 398 g/mol. The van der Waals surface area contributed by atoms with E-state index in [2.05, 4.69) is 23.1 Å². The van der Waals surface area contributed by atoms with Crippen molar-refractivity contribution in [1.29, 1.82) is 0 Å². The number of hydrogen-bond donors (Lipinski definition) is 1. The van der Waals surface area contributed by atoms with Crippen molar-refractivity contribution in [3.8, 4) is 5.69 Å². The van der Waals surface area contributed by atoms with E-state index < -0.39 is 4.92 Å². The Kier molecular flexibility index (Phi) is 6.20. The number of H-pyrrole nitrogens is 1. The molecular weight excluding hydrogens is 376 g/mol. The van der Waals surface area contributed by atoms with Crippen LogP contribution in [0.15, 0.2) is 51.6 Å². The Labute approximate surface area is 166 Å². The third kappa shape index (κ3) is 4.28. The first kappa shape index (κ1) is 19.8. The zero-order chi connectivity index (χ0) is 20.1. The van der Waals surface area contributed by atoms with Crippen molar-refractivity contribution >= 4 is 22.7 Å². The summed E-state index contributed by atoms with van der Waals surface area (Å²) < 4.78 is 1.43. The minimum Gasteiger partial charge on any atom is -0.294 e. The number of non-ortho nitro benzene ring substituents is 1. The van der Waals surface area contributed by atoms with E-state index in [9.17, 15) is 14.9 Å². The quantitative estimate of drug-likeness (QED) is 0.351. The number of nitro benzene ring substituents is 1. The highest BCUT2D eigenvalue weighted by Crippen LogP contribution is 2.16. The molecule has 3 rings (SSSR count). The smallest absolute Gasteiger partial charge is 0.280 e. The molecule has 0 amide bonds. The van der Waals surface area contributed by atoms with Gasteiger partial charge in [0.15, 0.2) is 0 Å². The molecule has 0 spiro atoms. The van der Waals surface area contributed by atoms with Crippen molar-refractivity contribution in [3.05, 3.63) is 78.4 Å². The molecular formula is C20H22N4O3S. The molecule has 0 aliphatic rings. The molecule has 1 N–H and O–H groups in total. The van der Waals surface area contributed by atoms with E-state index in [1.54, 1.807) is 23.5 Å². The van der Waals surface area contributed by atoms with Gasteiger partial charge in [-0.1, -0.05) is 19.4 Å². The first-order valence-electron chi connectivity index (χ1n) is 9.13. The van der Waals surface area contributed by atoms with E-state index in [0.29, 0.717) is 23.5 Å². The molecule has 1 aromatic carbocycles. The number of hydrogen-bond acceptors (Lipinski definition) is 5. The Balaban J connectivity index is 1.91. The van der Waals surface area contributed by atoms with Gasteiger partial charge < -0.3 is 0 Å². The lowest BCUT2D eigenvalue weighted by molar-refractivity contribution is -0.384. The Morgan fingerprint density at radius 3 is 2.61 bits per heavy atom. The van der Waals surface area contributed by atoms with Crippen LogP contribution >= 0.6 is 11.3 Å². The van der Waals surface area contributed by atoms with E-state index in [1.807, 2.05) is 18.4 Å². The molecule has 3 aromatic rings. The van der Waals surface area contributed by atoms with Gasteiger partial charge in [0, 0.05) is 41.4 Å². The van der Waals surface area contributed by atoms with Crippen LogP contribution in [-0.2, 0) is 12.8 Å². The largest absolute Gasteiger partial charge is 0.294 e. The third-order valence-electron chi connectivity index (χ3n) is 4.43. The SMILES string of the molecule is CCCc1[nH]n(-c2ccc([N+](=O)[O-])cc2)c(=O)c1C(C)=NCCc1cccs1. The molecule has 0 radical (unpaired) electrons. The number of nitrogens with one attached hydrogen (secondary N) is 1. The minimum atomic E-state index is -0.459. The van der Waals surface area contributed by atoms with Gasteiger partial charge in [-0.2, -0.15) is 0 Å². The Morgan fingerprint density at radius 2 is 2.00 bits per heavy atom. The number of aromatic amines is 1. The highest BCUT2D eigenvalue weighted by molar-refractivity contribution is 7.09. The summed E-state index contributed by atoms with van der Waals surface area (Å²) in [6.07, 6.45) is 2.46. The maximum absolute atomic E-state index is 13.0. The molecule has 0 aliphatic carbocycles. The Morgan fingerprint density at radius 1 is 1.25 bits per heavy atom. The van der Waals surface area contributed by atoms with Crippen molar-refractivity contribution in [3.63, 3.8) is 0 Å². The van der Waals surface area contributed by atoms with Gasteiger partial charge in [-0.05, 0) is 36.9 Å². The summed E-state index contributed by atoms with van der Waals surface area (Å²) in [6, 6.07) is 10.0. The van der Waals surface area contributed by atoms with E-state index in [4.69, 9.17) is 0 Å². The van der Waals surface area contributed by atoms with E-state index in [1.165, 1.54) is 21.7 Å². The Hall–Kier alpha value is -3.00. The summed E-state index contributed by atoms with van der Waals surface area (Å²) in [5.74, 6) is 0. The molecule has 0 bridgehead atoms. The third-order valence-corrected chi connectivity index (χ3v) is 5.37. The van der Waals surface area contributed by atoms with Gasteiger partial charge in [-0.3, -0.25) is 25.0 Å². The average Bonchev–Trinajstić information content (AvgIpc) is 3.30. The van der Waals surface area contributed by atoms with Gasteiger partial charge in [0.2, 0.25) is 0 Å². The van der Waals surface area contributed by atoms with Crippen LogP contribution in [0.25, 0.3) is 5.69 Å². The number of nitrogens with zero attached hydrogens (tertiary/aromatic N) is 3. The molecule has 0 aliphatic heterocycles. The number of nitro groups is 1. The fraction of sp³-hybridized carbons (Fsp3) is 0.300. The van der Waals surface area contributed by atoms with Gasteiger partial charge in [0.05, 0.1) is 16.2 Å². The number of rotatable bonds is 8. The number of aryl methyl sites for hydroxylation is 1. The van der Waals surface area contributed by atoms with E-state index in [0.717, 1.165) is 25.0 Å². The second kappa shape index (κ2) is 8.79. The van der Waals surface area contributed by atoms with Crippen molar-refractivity contribution < 1.29 is 4.92 Å². The van der Waals surface area contributed by atoms with Gasteiger partial charge >= 0.3 is 0 Å². The summed E-state index contributed by atoms with van der Waals surface area (Å²) in [6.45, 7) is 4.53. The highest BCUT2D eigenvalue weighted by Gasteiger charge is 2.17. The average molecular weight is 398 g/mol. The summed E-state index contributed by atoms with van der Waals surface area (Å²) in [5.41, 5.74) is 2.50. The van der Waals surface area contributed by atoms with Crippen LogP contribution in [-0.4, -0.2) is 27.0 Å². The molecule has 2 aromatic heterocycles. The van der Waals surface area contributed by atoms with Crippen LogP contribution in [0, 0.1) is 10.1 Å². The zero-order valence-electron chi connectivity index (χ0n) is 15.8. The van der Waals surface area contributed by atoms with E-state index >= 15 is 0 Å². The molecule has 0 unspecified atom stereocenters. The number of aliphatic imine (C=N–C) groups is 1. The Bertz CT molecular complexity index is 1030. The second-order valence-corrected chi connectivity index (χ2v) is 7.46. The fourth-order valence-corrected chi connectivity index (χ4v) is 3.76. The van der Waals surface area contributed by atoms with Gasteiger partial charge in [-0.15, -0.1) is 11.3 Å². The number of benzene rings is 1. The number of aromatic nitrogens is 2. The molecule has 28 heavy (non-hydrogen) atoms. The lowest BCUT2D eigenvalue weighted by Gasteiger charge is -2.01. The van der Waals surface area contributed by atoms with Gasteiger partial charge in [0.25, 0.3) is 11.2 Å². The first-order valence-corrected chi connectivity index (χ1v) is 10.0. The molecule has 0 fully saturated rings. The van der Waals surface area contributed by atoms with Crippen LogP contribution in [0.4, 0.5) is 5.69 Å². The van der Waals surface area contributed by atoms with Crippen molar-refractivity contribution in [1.82, 2.24) is 9.78 Å². The standard InChI is InChI=1S/C20H22N4O3S/c1-3-5-18-19(14(2)21-12-11-17-6-4-13-28-17)20(25)23(22-18)15-7-9-16(10-8-15)24(26)27/h4,6-10,13,22H,3,5,11-12H2,1-2H3. The van der Waals surface area contributed by atoms with Crippen LogP contribution in [0.2, 0.25) is 0 Å². The summed E-state index contributed by atoms with van der Waals surface area (Å²) >= 11 is 1.70. The summed E-state index contributed by atoms with van der Waals surface area (Å²) in [5, 5.41) is 16.0. The maximum atomic E-state index is 13.0. The molecule has 8 heteroatoms. The second-order valence-electron chi connectivity index (χ2n) is 6.43. The normalized spacial score (nSPS) is 11.7. The van der Waals surface area contributed by atoms with Crippen LogP contribution < -0.4 is 5.56 Å².